The fourth-order valence-electron chi connectivity index (χ4n) is 1.62. The maximum Gasteiger partial charge on any atom is 0.234 e. The number of rotatable bonds is 0. The average molecular weight is 189 g/mol. The minimum absolute atomic E-state index is 0.0549. The van der Waals surface area contributed by atoms with E-state index < -0.39 is 0 Å². The van der Waals surface area contributed by atoms with Crippen LogP contribution >= 0.6 is 0 Å². The maximum absolute atomic E-state index is 11.4. The van der Waals surface area contributed by atoms with Crippen LogP contribution in [0.3, 0.4) is 0 Å². The molecule has 1 aliphatic heterocycles. The molecular formula is C11H13N2O+. The van der Waals surface area contributed by atoms with Crippen molar-refractivity contribution in [2.45, 2.75) is 13.3 Å². The summed E-state index contributed by atoms with van der Waals surface area (Å²) in [5, 5.41) is 2.88. The first-order valence-corrected chi connectivity index (χ1v) is 4.63. The SMILES string of the molecule is CC1=[N+](C)c2ccccc2NC(=O)C1. The lowest BCUT2D eigenvalue weighted by Crippen LogP contribution is -2.14. The molecule has 3 heteroatoms. The smallest absolute Gasteiger partial charge is 0.234 e. The monoisotopic (exact) mass is 189 g/mol. The highest BCUT2D eigenvalue weighted by molar-refractivity contribution is 6.06. The number of nitrogens with zero attached hydrogens (tertiary/aromatic N) is 1. The molecule has 14 heavy (non-hydrogen) atoms. The number of amides is 1. The number of carbonyl (C=O) groups excluding carboxylic acids is 1. The molecule has 1 aliphatic rings. The van der Waals surface area contributed by atoms with E-state index in [0.29, 0.717) is 6.42 Å². The zero-order valence-corrected chi connectivity index (χ0v) is 8.37. The molecule has 1 amide bonds. The van der Waals surface area contributed by atoms with Gasteiger partial charge in [0.15, 0.2) is 5.71 Å². The number of nitrogens with one attached hydrogen (secondary N) is 1. The van der Waals surface area contributed by atoms with Crippen molar-refractivity contribution in [3.63, 3.8) is 0 Å². The van der Waals surface area contributed by atoms with Crippen molar-refractivity contribution in [3.05, 3.63) is 24.3 Å². The summed E-state index contributed by atoms with van der Waals surface area (Å²) < 4.78 is 2.05. The van der Waals surface area contributed by atoms with E-state index >= 15 is 0 Å². The predicted octanol–water partition coefficient (Wildman–Crippen LogP) is 1.76. The van der Waals surface area contributed by atoms with Crippen LogP contribution in [0.4, 0.5) is 11.4 Å². The summed E-state index contributed by atoms with van der Waals surface area (Å²) in [6.07, 6.45) is 0.463. The van der Waals surface area contributed by atoms with Crippen molar-refractivity contribution >= 4 is 23.0 Å². The minimum atomic E-state index is 0.0549. The van der Waals surface area contributed by atoms with Gasteiger partial charge in [-0.3, -0.25) is 4.79 Å². The molecule has 1 heterocycles. The lowest BCUT2D eigenvalue weighted by atomic mass is 10.2. The number of hydrogen-bond donors (Lipinski definition) is 1. The van der Waals surface area contributed by atoms with E-state index in [2.05, 4.69) is 5.32 Å². The first-order chi connectivity index (χ1) is 6.68. The van der Waals surface area contributed by atoms with Crippen molar-refractivity contribution in [1.29, 1.82) is 0 Å². The number of hydrogen-bond acceptors (Lipinski definition) is 1. The van der Waals surface area contributed by atoms with Gasteiger partial charge in [-0.2, -0.15) is 0 Å². The molecule has 0 saturated carbocycles. The summed E-state index contributed by atoms with van der Waals surface area (Å²) in [4.78, 5) is 11.4. The van der Waals surface area contributed by atoms with Crippen LogP contribution in [0.1, 0.15) is 13.3 Å². The van der Waals surface area contributed by atoms with Gasteiger partial charge in [0.1, 0.15) is 19.2 Å². The van der Waals surface area contributed by atoms with E-state index in [0.717, 1.165) is 17.1 Å². The topological polar surface area (TPSA) is 32.1 Å². The highest BCUT2D eigenvalue weighted by Gasteiger charge is 2.21. The van der Waals surface area contributed by atoms with E-state index in [1.807, 2.05) is 42.8 Å². The molecule has 0 unspecified atom stereocenters. The first-order valence-electron chi connectivity index (χ1n) is 4.63. The van der Waals surface area contributed by atoms with Crippen LogP contribution < -0.4 is 5.32 Å². The average Bonchev–Trinajstić information content (AvgIpc) is 2.26. The van der Waals surface area contributed by atoms with Crippen molar-refractivity contribution in [3.8, 4) is 0 Å². The molecule has 0 fully saturated rings. The van der Waals surface area contributed by atoms with Crippen molar-refractivity contribution in [2.75, 3.05) is 12.4 Å². The quantitative estimate of drug-likeness (QED) is 0.620. The molecule has 1 aromatic carbocycles. The zero-order chi connectivity index (χ0) is 10.1. The highest BCUT2D eigenvalue weighted by Crippen LogP contribution is 2.25. The molecule has 2 rings (SSSR count). The van der Waals surface area contributed by atoms with E-state index in [9.17, 15) is 4.79 Å². The molecule has 0 atom stereocenters. The maximum atomic E-state index is 11.4. The van der Waals surface area contributed by atoms with Gasteiger partial charge in [-0.15, -0.1) is 0 Å². The van der Waals surface area contributed by atoms with Crippen LogP contribution in [-0.2, 0) is 4.79 Å². The zero-order valence-electron chi connectivity index (χ0n) is 8.37. The second-order valence-corrected chi connectivity index (χ2v) is 3.54. The van der Waals surface area contributed by atoms with Gasteiger partial charge in [0.2, 0.25) is 11.6 Å². The summed E-state index contributed by atoms with van der Waals surface area (Å²) in [6.45, 7) is 1.97. The van der Waals surface area contributed by atoms with Gasteiger partial charge in [-0.05, 0) is 6.07 Å². The molecule has 1 N–H and O–H groups in total. The molecule has 0 bridgehead atoms. The molecule has 0 saturated heterocycles. The molecule has 0 spiro atoms. The van der Waals surface area contributed by atoms with Crippen LogP contribution in [0, 0.1) is 0 Å². The fourth-order valence-corrected chi connectivity index (χ4v) is 1.62. The highest BCUT2D eigenvalue weighted by atomic mass is 16.1. The van der Waals surface area contributed by atoms with Crippen LogP contribution in [0.2, 0.25) is 0 Å². The van der Waals surface area contributed by atoms with Crippen molar-refractivity contribution in [1.82, 2.24) is 0 Å². The Labute approximate surface area is 83.1 Å². The number of carbonyl (C=O) groups is 1. The Morgan fingerprint density at radius 1 is 1.36 bits per heavy atom. The van der Waals surface area contributed by atoms with Crippen LogP contribution in [0.25, 0.3) is 0 Å². The van der Waals surface area contributed by atoms with Crippen molar-refractivity contribution < 1.29 is 9.37 Å². The largest absolute Gasteiger partial charge is 0.320 e. The molecular weight excluding hydrogens is 176 g/mol. The summed E-state index contributed by atoms with van der Waals surface area (Å²) >= 11 is 0. The fraction of sp³-hybridized carbons (Fsp3) is 0.273. The number of anilines is 1. The Balaban J connectivity index is 2.61. The standard InChI is InChI=1S/C11H12N2O/c1-8-7-11(14)12-9-5-3-4-6-10(9)13(8)2/h3-6H,7H2,1-2H3/p+1. The number of benzene rings is 1. The molecule has 0 aliphatic carbocycles. The van der Waals surface area contributed by atoms with Gasteiger partial charge in [0.05, 0.1) is 0 Å². The van der Waals surface area contributed by atoms with E-state index in [-0.39, 0.29) is 5.91 Å². The van der Waals surface area contributed by atoms with Gasteiger partial charge in [-0.1, -0.05) is 12.1 Å². The molecule has 3 nitrogen and oxygen atoms in total. The Kier molecular flexibility index (Phi) is 2.08. The third-order valence-corrected chi connectivity index (χ3v) is 2.53. The summed E-state index contributed by atoms with van der Waals surface area (Å²) in [5.74, 6) is 0.0549. The number of para-hydroxylation sites is 2. The molecule has 72 valence electrons. The second-order valence-electron chi connectivity index (χ2n) is 3.54. The third-order valence-electron chi connectivity index (χ3n) is 2.53. The van der Waals surface area contributed by atoms with Crippen LogP contribution in [0.5, 0.6) is 0 Å². The Morgan fingerprint density at radius 3 is 2.86 bits per heavy atom. The van der Waals surface area contributed by atoms with Gasteiger partial charge in [0.25, 0.3) is 0 Å². The van der Waals surface area contributed by atoms with Gasteiger partial charge in [0, 0.05) is 13.0 Å². The van der Waals surface area contributed by atoms with Crippen molar-refractivity contribution in [2.24, 2.45) is 0 Å². The van der Waals surface area contributed by atoms with E-state index in [1.165, 1.54) is 0 Å². The molecule has 0 aromatic heterocycles. The second kappa shape index (κ2) is 3.25. The summed E-state index contributed by atoms with van der Waals surface area (Å²) in [6, 6.07) is 7.82. The van der Waals surface area contributed by atoms with Gasteiger partial charge in [-0.25, -0.2) is 4.58 Å². The Bertz CT molecular complexity index is 421. The Hall–Kier alpha value is -1.64. The van der Waals surface area contributed by atoms with Gasteiger partial charge < -0.3 is 5.32 Å². The Morgan fingerprint density at radius 2 is 2.07 bits per heavy atom. The number of fused-ring (bicyclic) bond motifs is 1. The first kappa shape index (κ1) is 8.94. The lowest BCUT2D eigenvalue weighted by molar-refractivity contribution is -0.405. The normalized spacial score (nSPS) is 16.0. The predicted molar refractivity (Wildman–Crippen MR) is 56.2 cm³/mol. The van der Waals surface area contributed by atoms with Gasteiger partial charge >= 0.3 is 0 Å². The lowest BCUT2D eigenvalue weighted by Gasteiger charge is -2.01. The summed E-state index contributed by atoms with van der Waals surface area (Å²) in [5.41, 5.74) is 3.00. The molecule has 0 radical (unpaired) electrons. The summed E-state index contributed by atoms with van der Waals surface area (Å²) in [7, 11) is 1.98. The van der Waals surface area contributed by atoms with E-state index in [4.69, 9.17) is 0 Å². The third kappa shape index (κ3) is 1.41. The van der Waals surface area contributed by atoms with Crippen LogP contribution in [-0.4, -0.2) is 23.2 Å². The van der Waals surface area contributed by atoms with E-state index in [1.54, 1.807) is 0 Å². The minimum Gasteiger partial charge on any atom is -0.320 e. The molecule has 1 aromatic rings. The van der Waals surface area contributed by atoms with Crippen LogP contribution in [0.15, 0.2) is 24.3 Å².